The number of hydrogen-bond donors (Lipinski definition) is 2. The number of rotatable bonds is 3. The molecule has 0 spiro atoms. The van der Waals surface area contributed by atoms with E-state index in [0.717, 1.165) is 0 Å². The lowest BCUT2D eigenvalue weighted by Crippen LogP contribution is -2.06. The Morgan fingerprint density at radius 3 is 2.42 bits per heavy atom. The second kappa shape index (κ2) is 3.83. The van der Waals surface area contributed by atoms with Gasteiger partial charge in [-0.3, -0.25) is 9.09 Å². The first kappa shape index (κ1) is 9.42. The lowest BCUT2D eigenvalue weighted by molar-refractivity contribution is 0.0898. The van der Waals surface area contributed by atoms with Crippen LogP contribution in [0.1, 0.15) is 0 Å². The molecule has 5 heteroatoms. The van der Waals surface area contributed by atoms with Crippen molar-refractivity contribution in [3.8, 4) is 0 Å². The van der Waals surface area contributed by atoms with E-state index in [4.69, 9.17) is 10.00 Å². The molecule has 0 fully saturated rings. The van der Waals surface area contributed by atoms with Gasteiger partial charge in [0.1, 0.15) is 0 Å². The Balaban J connectivity index is 2.90. The van der Waals surface area contributed by atoms with Crippen molar-refractivity contribution >= 4 is 12.9 Å². The van der Waals surface area contributed by atoms with Crippen LogP contribution in [0.25, 0.3) is 0 Å². The molecule has 1 aromatic carbocycles. The maximum Gasteiger partial charge on any atom is 0.360 e. The maximum atomic E-state index is 11.2. The van der Waals surface area contributed by atoms with Crippen molar-refractivity contribution in [1.29, 1.82) is 0 Å². The molecule has 0 saturated carbocycles. The van der Waals surface area contributed by atoms with Crippen LogP contribution in [0.5, 0.6) is 0 Å². The molecule has 2 N–H and O–H groups in total. The Bertz CT molecular complexity index is 285. The van der Waals surface area contributed by atoms with E-state index in [9.17, 15) is 4.57 Å². The molecule has 0 aliphatic heterocycles. The molecule has 4 nitrogen and oxygen atoms in total. The number of benzene rings is 1. The van der Waals surface area contributed by atoms with E-state index in [2.05, 4.69) is 4.52 Å². The highest BCUT2D eigenvalue weighted by molar-refractivity contribution is 7.61. The highest BCUT2D eigenvalue weighted by atomic mass is 31.2. The highest BCUT2D eigenvalue weighted by Gasteiger charge is 2.21. The van der Waals surface area contributed by atoms with E-state index in [-0.39, 0.29) is 5.30 Å². The van der Waals surface area contributed by atoms with Crippen molar-refractivity contribution in [2.24, 2.45) is 0 Å². The van der Waals surface area contributed by atoms with Crippen LogP contribution in [0, 0.1) is 0 Å². The maximum absolute atomic E-state index is 11.2. The first-order chi connectivity index (χ1) is 5.67. The number of aliphatic hydroxyl groups excluding tert-OH is 1. The van der Waals surface area contributed by atoms with Crippen LogP contribution < -0.4 is 5.30 Å². The Hall–Kier alpha value is -0.670. The molecule has 0 aromatic heterocycles. The zero-order valence-corrected chi connectivity index (χ0v) is 7.15. The molecule has 0 radical (unpaired) electrons. The first-order valence-corrected chi connectivity index (χ1v) is 4.88. The smallest absolute Gasteiger partial charge is 0.360 e. The van der Waals surface area contributed by atoms with Gasteiger partial charge in [-0.1, -0.05) is 18.2 Å². The molecule has 1 unspecified atom stereocenters. The standard InChI is InChI=1S/C7H9O4P/c8-6-11-12(9,10)7-4-2-1-3-5-7/h1-5,8H,6H2,(H,9,10). The van der Waals surface area contributed by atoms with Gasteiger partial charge in [0.25, 0.3) is 0 Å². The summed E-state index contributed by atoms with van der Waals surface area (Å²) in [5.41, 5.74) is 0. The van der Waals surface area contributed by atoms with Gasteiger partial charge >= 0.3 is 7.60 Å². The Morgan fingerprint density at radius 1 is 1.33 bits per heavy atom. The summed E-state index contributed by atoms with van der Waals surface area (Å²) in [6, 6.07) is 7.91. The van der Waals surface area contributed by atoms with Gasteiger partial charge in [-0.05, 0) is 12.1 Å². The highest BCUT2D eigenvalue weighted by Crippen LogP contribution is 2.39. The third kappa shape index (κ3) is 2.16. The summed E-state index contributed by atoms with van der Waals surface area (Å²) >= 11 is 0. The van der Waals surface area contributed by atoms with Crippen molar-refractivity contribution in [2.45, 2.75) is 0 Å². The van der Waals surface area contributed by atoms with Crippen molar-refractivity contribution in [1.82, 2.24) is 0 Å². The first-order valence-electron chi connectivity index (χ1n) is 3.30. The topological polar surface area (TPSA) is 66.8 Å². The van der Waals surface area contributed by atoms with Gasteiger partial charge in [-0.15, -0.1) is 0 Å². The van der Waals surface area contributed by atoms with Crippen molar-refractivity contribution in [3.05, 3.63) is 30.3 Å². The molecule has 66 valence electrons. The molecule has 0 saturated heterocycles. The molecule has 0 amide bonds. The largest absolute Gasteiger partial charge is 0.370 e. The number of hydrogen-bond acceptors (Lipinski definition) is 3. The second-order valence-corrected chi connectivity index (χ2v) is 3.93. The summed E-state index contributed by atoms with van der Waals surface area (Å²) in [7, 11) is -3.79. The van der Waals surface area contributed by atoms with Gasteiger partial charge in [0.2, 0.25) is 0 Å². The van der Waals surface area contributed by atoms with Crippen molar-refractivity contribution in [3.63, 3.8) is 0 Å². The van der Waals surface area contributed by atoms with Crippen molar-refractivity contribution in [2.75, 3.05) is 6.79 Å². The fraction of sp³-hybridized carbons (Fsp3) is 0.143. The summed E-state index contributed by atoms with van der Waals surface area (Å²) in [4.78, 5) is 9.16. The summed E-state index contributed by atoms with van der Waals surface area (Å²) < 4.78 is 15.5. The molecule has 0 heterocycles. The van der Waals surface area contributed by atoms with Gasteiger partial charge in [0.05, 0.1) is 5.30 Å². The van der Waals surface area contributed by atoms with Gasteiger partial charge in [0, 0.05) is 0 Å². The predicted octanol–water partition coefficient (Wildman–Crippen LogP) is 0.464. The fourth-order valence-electron chi connectivity index (χ4n) is 0.769. The predicted molar refractivity (Wildman–Crippen MR) is 44.1 cm³/mol. The van der Waals surface area contributed by atoms with E-state index < -0.39 is 14.4 Å². The summed E-state index contributed by atoms with van der Waals surface area (Å²) in [5, 5.41) is 8.49. The van der Waals surface area contributed by atoms with E-state index in [1.807, 2.05) is 0 Å². The van der Waals surface area contributed by atoms with Crippen LogP contribution in [0.2, 0.25) is 0 Å². The van der Waals surface area contributed by atoms with Crippen LogP contribution in [0.4, 0.5) is 0 Å². The van der Waals surface area contributed by atoms with E-state index >= 15 is 0 Å². The molecule has 1 aromatic rings. The normalized spacial score (nSPS) is 15.5. The molecule has 1 rings (SSSR count). The van der Waals surface area contributed by atoms with Crippen LogP contribution in [-0.4, -0.2) is 16.8 Å². The second-order valence-electron chi connectivity index (χ2n) is 2.11. The Labute approximate surface area is 70.0 Å². The Morgan fingerprint density at radius 2 is 1.92 bits per heavy atom. The van der Waals surface area contributed by atoms with Crippen LogP contribution in [0.3, 0.4) is 0 Å². The van der Waals surface area contributed by atoms with Gasteiger partial charge in [-0.25, -0.2) is 0 Å². The summed E-state index contributed by atoms with van der Waals surface area (Å²) in [5.74, 6) is 0. The zero-order valence-electron chi connectivity index (χ0n) is 6.25. The van der Waals surface area contributed by atoms with E-state index in [0.29, 0.717) is 0 Å². The van der Waals surface area contributed by atoms with Gasteiger partial charge < -0.3 is 10.00 Å². The van der Waals surface area contributed by atoms with E-state index in [1.54, 1.807) is 18.2 Å². The number of aliphatic hydroxyl groups is 1. The zero-order chi connectivity index (χ0) is 9.03. The summed E-state index contributed by atoms with van der Waals surface area (Å²) in [6.07, 6.45) is 0. The third-order valence-corrected chi connectivity index (χ3v) is 2.73. The van der Waals surface area contributed by atoms with Crippen LogP contribution in [0.15, 0.2) is 30.3 Å². The van der Waals surface area contributed by atoms with Gasteiger partial charge in [0.15, 0.2) is 6.79 Å². The summed E-state index contributed by atoms with van der Waals surface area (Å²) in [6.45, 7) is -0.761. The fourth-order valence-corrected chi connectivity index (χ4v) is 1.62. The molecular formula is C7H9O4P. The SMILES string of the molecule is O=P(O)(OCO)c1ccccc1. The molecule has 0 aliphatic rings. The minimum absolute atomic E-state index is 0.180. The molecule has 1 atom stereocenters. The minimum Gasteiger partial charge on any atom is -0.370 e. The lowest BCUT2D eigenvalue weighted by atomic mass is 10.4. The quantitative estimate of drug-likeness (QED) is 0.534. The van der Waals surface area contributed by atoms with Gasteiger partial charge in [-0.2, -0.15) is 0 Å². The van der Waals surface area contributed by atoms with Crippen LogP contribution in [-0.2, 0) is 9.09 Å². The molecule has 12 heavy (non-hydrogen) atoms. The minimum atomic E-state index is -3.79. The monoisotopic (exact) mass is 188 g/mol. The average molecular weight is 188 g/mol. The average Bonchev–Trinajstić information content (AvgIpc) is 2.06. The molecule has 0 bridgehead atoms. The van der Waals surface area contributed by atoms with Crippen LogP contribution >= 0.6 is 7.60 Å². The lowest BCUT2D eigenvalue weighted by Gasteiger charge is -2.08. The molecular weight excluding hydrogens is 179 g/mol. The third-order valence-electron chi connectivity index (χ3n) is 1.32. The Kier molecular flexibility index (Phi) is 3.00. The molecule has 0 aliphatic carbocycles. The van der Waals surface area contributed by atoms with E-state index in [1.165, 1.54) is 12.1 Å². The van der Waals surface area contributed by atoms with Crippen molar-refractivity contribution < 1.29 is 19.1 Å².